The maximum Gasteiger partial charge on any atom is 0.123 e. The fourth-order valence-corrected chi connectivity index (χ4v) is 0. The van der Waals surface area contributed by atoms with E-state index in [-0.39, 0.29) is 0 Å². The lowest BCUT2D eigenvalue weighted by atomic mass is 10.9. The van der Waals surface area contributed by atoms with Crippen molar-refractivity contribution in [3.8, 4) is 0 Å². The third-order valence-corrected chi connectivity index (χ3v) is 0.289. The molecule has 0 saturated heterocycles. The molecular weight excluding hydrogens is 71.0 g/mol. The second kappa shape index (κ2) is 3.10. The summed E-state index contributed by atoms with van der Waals surface area (Å²) in [6.45, 7) is 0. The number of carbonyl (C=O) groups excluding carboxylic acids is 1. The van der Waals surface area contributed by atoms with E-state index in [9.17, 15) is 0 Å². The van der Waals surface area contributed by atoms with Crippen molar-refractivity contribution in [3.63, 3.8) is 0 Å². The highest BCUT2D eigenvalue weighted by Gasteiger charge is 1.52. The van der Waals surface area contributed by atoms with Crippen LogP contribution in [0.2, 0.25) is 0 Å². The molecule has 0 bridgehead atoms. The van der Waals surface area contributed by atoms with Crippen LogP contribution < -0.4 is 0 Å². The standard InChI is InChI=1S/C2H5OP/c3-1-2-4/h1H,2,4H2. The van der Waals surface area contributed by atoms with Crippen LogP contribution in [-0.2, 0) is 4.79 Å². The molecule has 0 rings (SSSR count). The lowest BCUT2D eigenvalue weighted by Gasteiger charge is -1.52. The Balaban J connectivity index is 2.30. The summed E-state index contributed by atoms with van der Waals surface area (Å²) in [5.41, 5.74) is 0. The summed E-state index contributed by atoms with van der Waals surface area (Å²) in [7, 11) is 2.29. The minimum Gasteiger partial charge on any atom is -0.303 e. The lowest BCUT2D eigenvalue weighted by Crippen LogP contribution is -1.61. The highest BCUT2D eigenvalue weighted by atomic mass is 31.0. The summed E-state index contributed by atoms with van der Waals surface area (Å²) in [5.74, 6) is 0. The molecule has 0 fully saturated rings. The molecule has 24 valence electrons. The van der Waals surface area contributed by atoms with Gasteiger partial charge in [-0.1, -0.05) is 0 Å². The van der Waals surface area contributed by atoms with Crippen LogP contribution in [0, 0.1) is 0 Å². The molecule has 0 amide bonds. The molecule has 0 aromatic rings. The topological polar surface area (TPSA) is 17.1 Å². The molecule has 0 aliphatic heterocycles. The van der Waals surface area contributed by atoms with Crippen LogP contribution in [0.15, 0.2) is 0 Å². The Morgan fingerprint density at radius 1 is 2.00 bits per heavy atom. The number of rotatable bonds is 1. The van der Waals surface area contributed by atoms with Gasteiger partial charge in [0.25, 0.3) is 0 Å². The lowest BCUT2D eigenvalue weighted by molar-refractivity contribution is -0.105. The third kappa shape index (κ3) is 2.10. The molecule has 4 heavy (non-hydrogen) atoms. The average molecular weight is 76.0 g/mol. The van der Waals surface area contributed by atoms with Crippen molar-refractivity contribution in [2.75, 3.05) is 6.16 Å². The molecule has 0 N–H and O–H groups in total. The second-order valence-corrected chi connectivity index (χ2v) is 0.874. The largest absolute Gasteiger partial charge is 0.303 e. The zero-order chi connectivity index (χ0) is 3.41. The predicted molar refractivity (Wildman–Crippen MR) is 20.6 cm³/mol. The average Bonchev–Trinajstić information content (AvgIpc) is 1.37. The quantitative estimate of drug-likeness (QED) is 0.319. The predicted octanol–water partition coefficient (Wildman–Crippen LogP) is 0.0604. The van der Waals surface area contributed by atoms with Crippen LogP contribution in [-0.4, -0.2) is 12.4 Å². The zero-order valence-corrected chi connectivity index (χ0v) is 3.42. The molecule has 1 unspecified atom stereocenters. The van der Waals surface area contributed by atoms with Crippen molar-refractivity contribution >= 4 is 15.5 Å². The minimum atomic E-state index is 0.556. The summed E-state index contributed by atoms with van der Waals surface area (Å²) in [4.78, 5) is 9.15. The number of carbonyl (C=O) groups is 1. The second-order valence-electron chi connectivity index (χ2n) is 0.402. The Morgan fingerprint density at radius 3 is 2.25 bits per heavy atom. The SMILES string of the molecule is O=CCP. The van der Waals surface area contributed by atoms with Crippen LogP contribution in [0.5, 0.6) is 0 Å². The van der Waals surface area contributed by atoms with Gasteiger partial charge in [0.15, 0.2) is 0 Å². The van der Waals surface area contributed by atoms with E-state index in [1.54, 1.807) is 0 Å². The highest BCUT2D eigenvalue weighted by molar-refractivity contribution is 7.17. The molecular formula is C2H5OP. The van der Waals surface area contributed by atoms with Gasteiger partial charge in [-0.25, -0.2) is 0 Å². The van der Waals surface area contributed by atoms with Gasteiger partial charge in [-0.05, 0) is 0 Å². The molecule has 1 atom stereocenters. The smallest absolute Gasteiger partial charge is 0.123 e. The molecule has 2 heteroatoms. The van der Waals surface area contributed by atoms with Crippen molar-refractivity contribution < 1.29 is 4.79 Å². The Labute approximate surface area is 27.6 Å². The maximum atomic E-state index is 9.15. The van der Waals surface area contributed by atoms with Gasteiger partial charge >= 0.3 is 0 Å². The molecule has 1 nitrogen and oxygen atoms in total. The molecule has 0 aliphatic carbocycles. The van der Waals surface area contributed by atoms with E-state index in [0.29, 0.717) is 6.16 Å². The fourth-order valence-electron chi connectivity index (χ4n) is 0. The normalized spacial score (nSPS) is 6.25. The van der Waals surface area contributed by atoms with E-state index in [0.717, 1.165) is 6.29 Å². The summed E-state index contributed by atoms with van der Waals surface area (Å²) in [5, 5.41) is 0. The van der Waals surface area contributed by atoms with E-state index in [2.05, 4.69) is 9.24 Å². The first-order valence-electron chi connectivity index (χ1n) is 1.05. The highest BCUT2D eigenvalue weighted by Crippen LogP contribution is 1.66. The van der Waals surface area contributed by atoms with Gasteiger partial charge in [0, 0.05) is 6.16 Å². The first kappa shape index (κ1) is 4.10. The van der Waals surface area contributed by atoms with Gasteiger partial charge in [0.2, 0.25) is 0 Å². The number of aldehydes is 1. The van der Waals surface area contributed by atoms with Crippen molar-refractivity contribution in [2.45, 2.75) is 0 Å². The molecule has 0 heterocycles. The van der Waals surface area contributed by atoms with Crippen LogP contribution in [0.1, 0.15) is 0 Å². The van der Waals surface area contributed by atoms with Gasteiger partial charge in [-0.3, -0.25) is 0 Å². The summed E-state index contributed by atoms with van der Waals surface area (Å²) < 4.78 is 0. The van der Waals surface area contributed by atoms with Crippen LogP contribution in [0.4, 0.5) is 0 Å². The van der Waals surface area contributed by atoms with E-state index in [1.165, 1.54) is 0 Å². The van der Waals surface area contributed by atoms with Gasteiger partial charge in [0.05, 0.1) is 0 Å². The minimum absolute atomic E-state index is 0.556. The van der Waals surface area contributed by atoms with E-state index in [1.807, 2.05) is 0 Å². The van der Waals surface area contributed by atoms with Crippen molar-refractivity contribution in [3.05, 3.63) is 0 Å². The molecule has 0 radical (unpaired) electrons. The first-order chi connectivity index (χ1) is 1.91. The van der Waals surface area contributed by atoms with Crippen LogP contribution in [0.25, 0.3) is 0 Å². The van der Waals surface area contributed by atoms with Gasteiger partial charge in [-0.2, -0.15) is 0 Å². The van der Waals surface area contributed by atoms with E-state index >= 15 is 0 Å². The van der Waals surface area contributed by atoms with Gasteiger partial charge in [-0.15, -0.1) is 9.24 Å². The number of hydrogen-bond donors (Lipinski definition) is 0. The maximum absolute atomic E-state index is 9.15. The zero-order valence-electron chi connectivity index (χ0n) is 2.27. The number of hydrogen-bond acceptors (Lipinski definition) is 1. The van der Waals surface area contributed by atoms with E-state index in [4.69, 9.17) is 4.79 Å². The Morgan fingerprint density at radius 2 is 2.25 bits per heavy atom. The third-order valence-electron chi connectivity index (χ3n) is 0.0962. The summed E-state index contributed by atoms with van der Waals surface area (Å²) >= 11 is 0. The van der Waals surface area contributed by atoms with Gasteiger partial charge in [0.1, 0.15) is 6.29 Å². The van der Waals surface area contributed by atoms with Gasteiger partial charge < -0.3 is 4.79 Å². The first-order valence-corrected chi connectivity index (χ1v) is 1.87. The molecule has 0 aromatic carbocycles. The summed E-state index contributed by atoms with van der Waals surface area (Å²) in [6.07, 6.45) is 1.39. The Bertz CT molecular complexity index is 20.0. The Kier molecular flexibility index (Phi) is 3.18. The van der Waals surface area contributed by atoms with Crippen LogP contribution in [0.3, 0.4) is 0 Å². The van der Waals surface area contributed by atoms with Crippen molar-refractivity contribution in [2.24, 2.45) is 0 Å². The van der Waals surface area contributed by atoms with Crippen molar-refractivity contribution in [1.82, 2.24) is 0 Å². The Hall–Kier alpha value is 0.100. The van der Waals surface area contributed by atoms with Crippen molar-refractivity contribution in [1.29, 1.82) is 0 Å². The molecule has 0 aliphatic rings. The molecule has 0 saturated carbocycles. The van der Waals surface area contributed by atoms with E-state index < -0.39 is 0 Å². The molecule has 0 spiro atoms. The summed E-state index contributed by atoms with van der Waals surface area (Å²) in [6, 6.07) is 0. The monoisotopic (exact) mass is 76.0 g/mol. The van der Waals surface area contributed by atoms with Crippen LogP contribution >= 0.6 is 9.24 Å². The molecule has 0 aromatic heterocycles. The fraction of sp³-hybridized carbons (Fsp3) is 0.500.